The highest BCUT2D eigenvalue weighted by Gasteiger charge is 2.08. The van der Waals surface area contributed by atoms with Crippen molar-refractivity contribution in [2.75, 3.05) is 0 Å². The van der Waals surface area contributed by atoms with Crippen LogP contribution in [0.1, 0.15) is 5.56 Å². The van der Waals surface area contributed by atoms with E-state index < -0.39 is 17.5 Å². The number of aliphatic hydroxyl groups excluding tert-OH is 1. The van der Waals surface area contributed by atoms with Crippen molar-refractivity contribution in [2.45, 2.75) is 16.4 Å². The molecule has 1 nitrogen and oxygen atoms in total. The van der Waals surface area contributed by atoms with Crippen LogP contribution in [0.15, 0.2) is 46.2 Å². The van der Waals surface area contributed by atoms with Crippen LogP contribution in [0, 0.1) is 17.5 Å². The molecule has 2 rings (SSSR count). The lowest BCUT2D eigenvalue weighted by atomic mass is 10.2. The van der Waals surface area contributed by atoms with Crippen molar-refractivity contribution in [1.29, 1.82) is 0 Å². The molecule has 94 valence electrons. The fraction of sp³-hybridized carbons (Fsp3) is 0.0769. The molecule has 2 aromatic carbocycles. The van der Waals surface area contributed by atoms with Crippen molar-refractivity contribution in [2.24, 2.45) is 0 Å². The molecule has 0 spiro atoms. The second-order valence-corrected chi connectivity index (χ2v) is 4.72. The Hall–Kier alpha value is -1.46. The monoisotopic (exact) mass is 270 g/mol. The second-order valence-electron chi connectivity index (χ2n) is 3.60. The Labute approximate surface area is 106 Å². The number of benzene rings is 2. The van der Waals surface area contributed by atoms with E-state index in [0.717, 1.165) is 23.9 Å². The number of aliphatic hydroxyl groups is 1. The minimum Gasteiger partial charge on any atom is -0.392 e. The zero-order valence-electron chi connectivity index (χ0n) is 9.16. The van der Waals surface area contributed by atoms with Gasteiger partial charge in [0.1, 0.15) is 5.82 Å². The van der Waals surface area contributed by atoms with E-state index in [2.05, 4.69) is 0 Å². The topological polar surface area (TPSA) is 20.2 Å². The van der Waals surface area contributed by atoms with Gasteiger partial charge in [0, 0.05) is 9.79 Å². The molecule has 0 heterocycles. The molecule has 0 unspecified atom stereocenters. The minimum atomic E-state index is -0.965. The summed E-state index contributed by atoms with van der Waals surface area (Å²) >= 11 is 0.993. The first-order valence-electron chi connectivity index (χ1n) is 5.12. The second kappa shape index (κ2) is 5.46. The summed E-state index contributed by atoms with van der Waals surface area (Å²) in [5.41, 5.74) is 0.460. The van der Waals surface area contributed by atoms with Gasteiger partial charge in [-0.25, -0.2) is 13.2 Å². The van der Waals surface area contributed by atoms with Gasteiger partial charge in [-0.15, -0.1) is 0 Å². The van der Waals surface area contributed by atoms with Gasteiger partial charge in [0.25, 0.3) is 0 Å². The fourth-order valence-corrected chi connectivity index (χ4v) is 2.24. The van der Waals surface area contributed by atoms with Gasteiger partial charge in [-0.3, -0.25) is 0 Å². The van der Waals surface area contributed by atoms with Crippen LogP contribution in [0.2, 0.25) is 0 Å². The van der Waals surface area contributed by atoms with Gasteiger partial charge in [0.05, 0.1) is 6.61 Å². The van der Waals surface area contributed by atoms with Crippen LogP contribution in [-0.4, -0.2) is 5.11 Å². The molecule has 0 saturated heterocycles. The van der Waals surface area contributed by atoms with Gasteiger partial charge in [0.2, 0.25) is 0 Å². The Morgan fingerprint density at radius 3 is 2.28 bits per heavy atom. The molecule has 0 fully saturated rings. The van der Waals surface area contributed by atoms with E-state index in [0.29, 0.717) is 15.4 Å². The first-order valence-corrected chi connectivity index (χ1v) is 5.94. The minimum absolute atomic E-state index is 0.243. The van der Waals surface area contributed by atoms with Crippen LogP contribution in [0.5, 0.6) is 0 Å². The Morgan fingerprint density at radius 1 is 0.889 bits per heavy atom. The molecule has 0 aliphatic heterocycles. The smallest absolute Gasteiger partial charge is 0.159 e. The standard InChI is InChI=1S/C13H9F3OS/c14-10-3-2-9(6-11(10)15)18-13-4-1-8(7-17)5-12(13)16/h1-6,17H,7H2. The Morgan fingerprint density at radius 2 is 1.67 bits per heavy atom. The summed E-state index contributed by atoms with van der Waals surface area (Å²) in [6.45, 7) is -0.243. The largest absolute Gasteiger partial charge is 0.392 e. The molecule has 0 radical (unpaired) electrons. The highest BCUT2D eigenvalue weighted by atomic mass is 32.2. The quantitative estimate of drug-likeness (QED) is 0.916. The van der Waals surface area contributed by atoms with Crippen LogP contribution in [-0.2, 0) is 6.61 Å². The number of halogens is 3. The highest BCUT2D eigenvalue weighted by Crippen LogP contribution is 2.31. The molecule has 0 atom stereocenters. The first kappa shape index (κ1) is 13.0. The molecular formula is C13H9F3OS. The van der Waals surface area contributed by atoms with Gasteiger partial charge in [-0.2, -0.15) is 0 Å². The van der Waals surface area contributed by atoms with Crippen molar-refractivity contribution in [3.8, 4) is 0 Å². The third kappa shape index (κ3) is 2.86. The predicted molar refractivity (Wildman–Crippen MR) is 62.8 cm³/mol. The summed E-state index contributed by atoms with van der Waals surface area (Å²) in [5.74, 6) is -2.40. The van der Waals surface area contributed by atoms with E-state index in [9.17, 15) is 13.2 Å². The molecule has 0 bridgehead atoms. The Bertz CT molecular complexity index is 572. The summed E-state index contributed by atoms with van der Waals surface area (Å²) in [5, 5.41) is 8.84. The number of rotatable bonds is 3. The predicted octanol–water partition coefficient (Wildman–Crippen LogP) is 3.75. The van der Waals surface area contributed by atoms with Crippen molar-refractivity contribution in [1.82, 2.24) is 0 Å². The van der Waals surface area contributed by atoms with Gasteiger partial charge < -0.3 is 5.11 Å². The van der Waals surface area contributed by atoms with E-state index in [1.165, 1.54) is 18.2 Å². The fourth-order valence-electron chi connectivity index (χ4n) is 1.39. The molecule has 0 saturated carbocycles. The van der Waals surface area contributed by atoms with Gasteiger partial charge >= 0.3 is 0 Å². The Kier molecular flexibility index (Phi) is 3.93. The summed E-state index contributed by atoms with van der Waals surface area (Å²) in [4.78, 5) is 0.697. The van der Waals surface area contributed by atoms with Crippen molar-refractivity contribution in [3.05, 3.63) is 59.4 Å². The summed E-state index contributed by atoms with van der Waals surface area (Å²) < 4.78 is 39.3. The van der Waals surface area contributed by atoms with E-state index >= 15 is 0 Å². The van der Waals surface area contributed by atoms with Gasteiger partial charge in [0.15, 0.2) is 11.6 Å². The molecule has 1 N–H and O–H groups in total. The summed E-state index contributed by atoms with van der Waals surface area (Å²) in [7, 11) is 0. The van der Waals surface area contributed by atoms with Crippen LogP contribution in [0.25, 0.3) is 0 Å². The lowest BCUT2D eigenvalue weighted by molar-refractivity contribution is 0.281. The first-order chi connectivity index (χ1) is 8.60. The average molecular weight is 270 g/mol. The maximum atomic E-state index is 13.6. The maximum absolute atomic E-state index is 13.6. The van der Waals surface area contributed by atoms with E-state index in [1.807, 2.05) is 0 Å². The number of hydrogen-bond donors (Lipinski definition) is 1. The van der Waals surface area contributed by atoms with Crippen molar-refractivity contribution >= 4 is 11.8 Å². The summed E-state index contributed by atoms with van der Waals surface area (Å²) in [6.07, 6.45) is 0. The maximum Gasteiger partial charge on any atom is 0.159 e. The molecule has 2 aromatic rings. The van der Waals surface area contributed by atoms with Crippen LogP contribution < -0.4 is 0 Å². The molecule has 18 heavy (non-hydrogen) atoms. The average Bonchev–Trinajstić information content (AvgIpc) is 2.36. The van der Waals surface area contributed by atoms with E-state index in [1.54, 1.807) is 6.07 Å². The van der Waals surface area contributed by atoms with E-state index in [-0.39, 0.29) is 6.61 Å². The number of hydrogen-bond acceptors (Lipinski definition) is 2. The van der Waals surface area contributed by atoms with Crippen molar-refractivity contribution < 1.29 is 18.3 Å². The third-order valence-corrected chi connectivity index (χ3v) is 3.34. The lowest BCUT2D eigenvalue weighted by Gasteiger charge is -2.05. The molecule has 0 aliphatic carbocycles. The zero-order valence-corrected chi connectivity index (χ0v) is 9.98. The van der Waals surface area contributed by atoms with Gasteiger partial charge in [-0.1, -0.05) is 17.8 Å². The summed E-state index contributed by atoms with van der Waals surface area (Å²) in [6, 6.07) is 7.67. The van der Waals surface area contributed by atoms with Gasteiger partial charge in [-0.05, 0) is 35.9 Å². The van der Waals surface area contributed by atoms with Crippen LogP contribution >= 0.6 is 11.8 Å². The van der Waals surface area contributed by atoms with Crippen molar-refractivity contribution in [3.63, 3.8) is 0 Å². The molecule has 0 aliphatic rings. The molecule has 0 aromatic heterocycles. The van der Waals surface area contributed by atoms with Crippen LogP contribution in [0.4, 0.5) is 13.2 Å². The van der Waals surface area contributed by atoms with Crippen LogP contribution in [0.3, 0.4) is 0 Å². The lowest BCUT2D eigenvalue weighted by Crippen LogP contribution is -1.88. The molecular weight excluding hydrogens is 261 g/mol. The molecule has 5 heteroatoms. The normalized spacial score (nSPS) is 10.7. The molecule has 0 amide bonds. The Balaban J connectivity index is 2.25. The SMILES string of the molecule is OCc1ccc(Sc2ccc(F)c(F)c2)c(F)c1. The van der Waals surface area contributed by atoms with E-state index in [4.69, 9.17) is 5.11 Å². The third-order valence-electron chi connectivity index (χ3n) is 2.30. The highest BCUT2D eigenvalue weighted by molar-refractivity contribution is 7.99. The zero-order chi connectivity index (χ0) is 13.1.